The number of hydrogen-bond donors (Lipinski definition) is 2. The molecule has 1 fully saturated rings. The van der Waals surface area contributed by atoms with Crippen molar-refractivity contribution >= 4 is 0 Å². The zero-order valence-electron chi connectivity index (χ0n) is 8.34. The topological polar surface area (TPSA) is 38.0 Å². The van der Waals surface area contributed by atoms with E-state index in [0.29, 0.717) is 6.04 Å². The first-order chi connectivity index (χ1) is 5.74. The highest BCUT2D eigenvalue weighted by molar-refractivity contribution is 4.92. The maximum absolute atomic E-state index is 5.65. The van der Waals surface area contributed by atoms with Gasteiger partial charge in [-0.3, -0.25) is 0 Å². The standard InChI is InChI=1S/C10H22N2/c1-3-4-9-7-10(9)12-6-5-8(2)11/h8-10,12H,3-7,11H2,1-2H3. The van der Waals surface area contributed by atoms with Crippen LogP contribution in [0.25, 0.3) is 0 Å². The number of nitrogens with one attached hydrogen (secondary N) is 1. The first kappa shape index (κ1) is 10.0. The second-order valence-electron chi connectivity index (χ2n) is 4.11. The van der Waals surface area contributed by atoms with E-state index in [-0.39, 0.29) is 0 Å². The Hall–Kier alpha value is -0.0800. The molecule has 1 aliphatic carbocycles. The first-order valence-electron chi connectivity index (χ1n) is 5.23. The molecule has 0 aromatic rings. The minimum Gasteiger partial charge on any atom is -0.328 e. The molecule has 12 heavy (non-hydrogen) atoms. The van der Waals surface area contributed by atoms with E-state index >= 15 is 0 Å². The lowest BCUT2D eigenvalue weighted by molar-refractivity contribution is 0.554. The van der Waals surface area contributed by atoms with E-state index in [9.17, 15) is 0 Å². The van der Waals surface area contributed by atoms with Crippen molar-refractivity contribution in [1.82, 2.24) is 5.32 Å². The molecule has 0 bridgehead atoms. The third-order valence-corrected chi connectivity index (χ3v) is 2.59. The van der Waals surface area contributed by atoms with Gasteiger partial charge < -0.3 is 11.1 Å². The largest absolute Gasteiger partial charge is 0.328 e. The Morgan fingerprint density at radius 1 is 1.58 bits per heavy atom. The van der Waals surface area contributed by atoms with E-state index in [4.69, 9.17) is 5.73 Å². The summed E-state index contributed by atoms with van der Waals surface area (Å²) in [5, 5.41) is 3.54. The third kappa shape index (κ3) is 3.55. The molecule has 0 aromatic heterocycles. The molecule has 2 heteroatoms. The molecule has 3 N–H and O–H groups in total. The summed E-state index contributed by atoms with van der Waals surface area (Å²) in [6.07, 6.45) is 5.23. The van der Waals surface area contributed by atoms with Crippen LogP contribution in [0.4, 0.5) is 0 Å². The molecule has 72 valence electrons. The molecule has 0 amide bonds. The minimum absolute atomic E-state index is 0.348. The highest BCUT2D eigenvalue weighted by atomic mass is 15.0. The van der Waals surface area contributed by atoms with Crippen LogP contribution >= 0.6 is 0 Å². The number of nitrogens with two attached hydrogens (primary N) is 1. The molecule has 2 nitrogen and oxygen atoms in total. The molecule has 0 radical (unpaired) electrons. The fraction of sp³-hybridized carbons (Fsp3) is 1.00. The van der Waals surface area contributed by atoms with Gasteiger partial charge in [0.15, 0.2) is 0 Å². The molecule has 0 aliphatic heterocycles. The zero-order chi connectivity index (χ0) is 8.97. The van der Waals surface area contributed by atoms with Gasteiger partial charge in [0.1, 0.15) is 0 Å². The van der Waals surface area contributed by atoms with Gasteiger partial charge in [-0.25, -0.2) is 0 Å². The van der Waals surface area contributed by atoms with Crippen molar-refractivity contribution in [2.45, 2.75) is 51.6 Å². The smallest absolute Gasteiger partial charge is 0.00991 e. The maximum Gasteiger partial charge on any atom is 0.00991 e. The van der Waals surface area contributed by atoms with Crippen LogP contribution in [0.3, 0.4) is 0 Å². The second kappa shape index (κ2) is 4.83. The van der Waals surface area contributed by atoms with Crippen LogP contribution in [-0.4, -0.2) is 18.6 Å². The van der Waals surface area contributed by atoms with E-state index in [0.717, 1.165) is 24.9 Å². The Labute approximate surface area is 75.9 Å². The summed E-state index contributed by atoms with van der Waals surface area (Å²) in [4.78, 5) is 0. The van der Waals surface area contributed by atoms with Gasteiger partial charge in [-0.05, 0) is 38.6 Å². The fourth-order valence-electron chi connectivity index (χ4n) is 1.68. The van der Waals surface area contributed by atoms with Crippen molar-refractivity contribution in [2.75, 3.05) is 6.54 Å². The average molecular weight is 170 g/mol. The SMILES string of the molecule is CCCC1CC1NCCC(C)N. The Morgan fingerprint density at radius 3 is 2.92 bits per heavy atom. The first-order valence-corrected chi connectivity index (χ1v) is 5.23. The highest BCUT2D eigenvalue weighted by Crippen LogP contribution is 2.34. The van der Waals surface area contributed by atoms with E-state index < -0.39 is 0 Å². The van der Waals surface area contributed by atoms with Crippen LogP contribution in [0.2, 0.25) is 0 Å². The predicted molar refractivity (Wildman–Crippen MR) is 53.1 cm³/mol. The van der Waals surface area contributed by atoms with Crippen molar-refractivity contribution in [3.8, 4) is 0 Å². The van der Waals surface area contributed by atoms with Gasteiger partial charge in [-0.15, -0.1) is 0 Å². The molecule has 0 spiro atoms. The van der Waals surface area contributed by atoms with Crippen LogP contribution in [0, 0.1) is 5.92 Å². The van der Waals surface area contributed by atoms with Gasteiger partial charge >= 0.3 is 0 Å². The Bertz CT molecular complexity index is 123. The normalized spacial score (nSPS) is 30.2. The summed E-state index contributed by atoms with van der Waals surface area (Å²) in [6, 6.07) is 1.17. The van der Waals surface area contributed by atoms with E-state index in [1.54, 1.807) is 0 Å². The molecule has 3 unspecified atom stereocenters. The van der Waals surface area contributed by atoms with Crippen LogP contribution in [0.15, 0.2) is 0 Å². The summed E-state index contributed by atoms with van der Waals surface area (Å²) >= 11 is 0. The number of rotatable bonds is 6. The predicted octanol–water partition coefficient (Wildman–Crippen LogP) is 1.50. The summed E-state index contributed by atoms with van der Waals surface area (Å²) < 4.78 is 0. The Balaban J connectivity index is 1.90. The monoisotopic (exact) mass is 170 g/mol. The van der Waals surface area contributed by atoms with Crippen molar-refractivity contribution in [2.24, 2.45) is 11.7 Å². The van der Waals surface area contributed by atoms with Crippen LogP contribution in [-0.2, 0) is 0 Å². The maximum atomic E-state index is 5.65. The molecule has 0 saturated heterocycles. The Kier molecular flexibility index (Phi) is 4.02. The fourth-order valence-corrected chi connectivity index (χ4v) is 1.68. The molecule has 0 heterocycles. The van der Waals surface area contributed by atoms with Crippen molar-refractivity contribution in [3.05, 3.63) is 0 Å². The molecule has 0 aromatic carbocycles. The molecule has 1 aliphatic rings. The lowest BCUT2D eigenvalue weighted by Gasteiger charge is -2.05. The molecule has 1 rings (SSSR count). The third-order valence-electron chi connectivity index (χ3n) is 2.59. The van der Waals surface area contributed by atoms with Crippen molar-refractivity contribution < 1.29 is 0 Å². The number of hydrogen-bond acceptors (Lipinski definition) is 2. The Morgan fingerprint density at radius 2 is 2.33 bits per heavy atom. The summed E-state index contributed by atoms with van der Waals surface area (Å²) in [6.45, 7) is 5.43. The molecular formula is C10H22N2. The lowest BCUT2D eigenvalue weighted by atomic mass is 10.2. The van der Waals surface area contributed by atoms with E-state index in [1.807, 2.05) is 0 Å². The van der Waals surface area contributed by atoms with Gasteiger partial charge in [0, 0.05) is 12.1 Å². The van der Waals surface area contributed by atoms with Gasteiger partial charge in [-0.2, -0.15) is 0 Å². The summed E-state index contributed by atoms with van der Waals surface area (Å²) in [7, 11) is 0. The van der Waals surface area contributed by atoms with Crippen LogP contribution in [0.1, 0.15) is 39.5 Å². The van der Waals surface area contributed by atoms with Gasteiger partial charge in [0.25, 0.3) is 0 Å². The summed E-state index contributed by atoms with van der Waals surface area (Å²) in [5.74, 6) is 0.975. The van der Waals surface area contributed by atoms with Crippen LogP contribution < -0.4 is 11.1 Å². The minimum atomic E-state index is 0.348. The quantitative estimate of drug-likeness (QED) is 0.634. The zero-order valence-corrected chi connectivity index (χ0v) is 8.34. The average Bonchev–Trinajstić information content (AvgIpc) is 2.68. The molecule has 1 saturated carbocycles. The van der Waals surface area contributed by atoms with Crippen molar-refractivity contribution in [3.63, 3.8) is 0 Å². The summed E-state index contributed by atoms with van der Waals surface area (Å²) in [5.41, 5.74) is 5.65. The van der Waals surface area contributed by atoms with Gasteiger partial charge in [0.2, 0.25) is 0 Å². The highest BCUT2D eigenvalue weighted by Gasteiger charge is 2.34. The van der Waals surface area contributed by atoms with Crippen molar-refractivity contribution in [1.29, 1.82) is 0 Å². The second-order valence-corrected chi connectivity index (χ2v) is 4.11. The lowest BCUT2D eigenvalue weighted by Crippen LogP contribution is -2.26. The van der Waals surface area contributed by atoms with E-state index in [2.05, 4.69) is 19.2 Å². The van der Waals surface area contributed by atoms with Gasteiger partial charge in [-0.1, -0.05) is 13.3 Å². The molecular weight excluding hydrogens is 148 g/mol. The van der Waals surface area contributed by atoms with Gasteiger partial charge in [0.05, 0.1) is 0 Å². The van der Waals surface area contributed by atoms with Crippen LogP contribution in [0.5, 0.6) is 0 Å². The van der Waals surface area contributed by atoms with E-state index in [1.165, 1.54) is 19.3 Å². The molecule has 3 atom stereocenters.